The largest absolute Gasteiger partial charge is 0.550 e. The molecule has 0 aromatic rings. The molecule has 0 aliphatic rings. The minimum absolute atomic E-state index is 0.570. The van der Waals surface area contributed by atoms with Gasteiger partial charge in [0.15, 0.2) is 0 Å². The van der Waals surface area contributed by atoms with Gasteiger partial charge in [0, 0.05) is 11.4 Å². The lowest BCUT2D eigenvalue weighted by Gasteiger charge is -2.35. The van der Waals surface area contributed by atoms with Gasteiger partial charge in [0.1, 0.15) is 0 Å². The second kappa shape index (κ2) is 32.4. The van der Waals surface area contributed by atoms with Crippen LogP contribution in [0.1, 0.15) is 239 Å². The van der Waals surface area contributed by atoms with Gasteiger partial charge < -0.3 is 9.90 Å². The molecule has 246 valence electrons. The summed E-state index contributed by atoms with van der Waals surface area (Å²) in [5.41, 5.74) is -0.570. The Bertz CT molecular complexity index is 488. The van der Waals surface area contributed by atoms with Crippen LogP contribution in [0.4, 0.5) is 0 Å². The Balaban J connectivity index is 4.38. The van der Waals surface area contributed by atoms with Crippen molar-refractivity contribution in [2.24, 2.45) is 5.41 Å². The van der Waals surface area contributed by atoms with Crippen LogP contribution in [0.3, 0.4) is 0 Å². The fourth-order valence-corrected chi connectivity index (χ4v) is 6.71. The number of carboxylic acid groups (broad SMARTS) is 1. The van der Waals surface area contributed by atoms with E-state index in [2.05, 4.69) is 20.8 Å². The normalized spacial score (nSPS) is 11.9. The maximum atomic E-state index is 12.6. The van der Waals surface area contributed by atoms with E-state index < -0.39 is 11.4 Å². The summed E-state index contributed by atoms with van der Waals surface area (Å²) in [5, 5.41) is 12.6. The first-order valence-corrected chi connectivity index (χ1v) is 19.3. The van der Waals surface area contributed by atoms with E-state index in [-0.39, 0.29) is 0 Å². The number of hydrogen-bond donors (Lipinski definition) is 0. The van der Waals surface area contributed by atoms with Crippen LogP contribution >= 0.6 is 0 Å². The van der Waals surface area contributed by atoms with E-state index in [1.807, 2.05) is 0 Å². The highest BCUT2D eigenvalue weighted by Gasteiger charge is 2.30. The van der Waals surface area contributed by atoms with Gasteiger partial charge in [-0.25, -0.2) is 0 Å². The summed E-state index contributed by atoms with van der Waals surface area (Å²) in [5.74, 6) is -0.740. The van der Waals surface area contributed by atoms with Gasteiger partial charge in [0.2, 0.25) is 0 Å². The molecule has 0 rings (SSSR count). The molecular formula is C39H77O2-. The first-order chi connectivity index (χ1) is 20.1. The molecule has 0 saturated heterocycles. The second-order valence-electron chi connectivity index (χ2n) is 13.7. The summed E-state index contributed by atoms with van der Waals surface area (Å²) < 4.78 is 0. The van der Waals surface area contributed by atoms with Gasteiger partial charge in [0.05, 0.1) is 0 Å². The zero-order chi connectivity index (χ0) is 30.1. The Kier molecular flexibility index (Phi) is 32.0. The van der Waals surface area contributed by atoms with E-state index in [0.29, 0.717) is 0 Å². The molecule has 0 aliphatic carbocycles. The van der Waals surface area contributed by atoms with Gasteiger partial charge in [0.25, 0.3) is 0 Å². The van der Waals surface area contributed by atoms with Gasteiger partial charge in [-0.3, -0.25) is 0 Å². The molecule has 0 bridgehead atoms. The van der Waals surface area contributed by atoms with E-state index in [1.54, 1.807) is 0 Å². The third-order valence-corrected chi connectivity index (χ3v) is 9.71. The number of hydrogen-bond acceptors (Lipinski definition) is 2. The Morgan fingerprint density at radius 3 is 0.683 bits per heavy atom. The molecule has 0 saturated carbocycles. The van der Waals surface area contributed by atoms with Crippen LogP contribution < -0.4 is 5.11 Å². The third kappa shape index (κ3) is 26.8. The Morgan fingerprint density at radius 2 is 0.512 bits per heavy atom. The summed E-state index contributed by atoms with van der Waals surface area (Å²) in [7, 11) is 0. The zero-order valence-electron chi connectivity index (χ0n) is 28.9. The van der Waals surface area contributed by atoms with Crippen LogP contribution in [0.5, 0.6) is 0 Å². The quantitative estimate of drug-likeness (QED) is 0.0703. The van der Waals surface area contributed by atoms with E-state index >= 15 is 0 Å². The van der Waals surface area contributed by atoms with Crippen molar-refractivity contribution in [1.82, 2.24) is 0 Å². The van der Waals surface area contributed by atoms with Gasteiger partial charge in [-0.05, 0) is 19.3 Å². The molecule has 0 N–H and O–H groups in total. The zero-order valence-corrected chi connectivity index (χ0v) is 28.9. The summed E-state index contributed by atoms with van der Waals surface area (Å²) in [6.07, 6.45) is 43.2. The number of carbonyl (C=O) groups is 1. The highest BCUT2D eigenvalue weighted by Crippen LogP contribution is 2.37. The maximum absolute atomic E-state index is 12.6. The SMILES string of the molecule is CCCCCCCCCCCCCC(CCCCCCCCCCC)(CCCCCCCCCCCCC)C(=O)[O-]. The van der Waals surface area contributed by atoms with Gasteiger partial charge >= 0.3 is 0 Å². The van der Waals surface area contributed by atoms with Crippen LogP contribution in [0.15, 0.2) is 0 Å². The minimum Gasteiger partial charge on any atom is -0.550 e. The fourth-order valence-electron chi connectivity index (χ4n) is 6.71. The van der Waals surface area contributed by atoms with E-state index in [0.717, 1.165) is 38.5 Å². The molecule has 0 fully saturated rings. The second-order valence-corrected chi connectivity index (χ2v) is 13.7. The van der Waals surface area contributed by atoms with Crippen LogP contribution in [0.2, 0.25) is 0 Å². The lowest BCUT2D eigenvalue weighted by Crippen LogP contribution is -2.42. The van der Waals surface area contributed by atoms with Crippen LogP contribution in [-0.4, -0.2) is 5.97 Å². The molecule has 0 radical (unpaired) electrons. The molecule has 41 heavy (non-hydrogen) atoms. The van der Waals surface area contributed by atoms with Gasteiger partial charge in [-0.15, -0.1) is 0 Å². The van der Waals surface area contributed by atoms with Crippen molar-refractivity contribution in [1.29, 1.82) is 0 Å². The first kappa shape index (κ1) is 40.5. The molecule has 0 aliphatic heterocycles. The van der Waals surface area contributed by atoms with Crippen molar-refractivity contribution in [3.63, 3.8) is 0 Å². The average Bonchev–Trinajstić information content (AvgIpc) is 2.97. The Labute approximate surface area is 260 Å². The maximum Gasteiger partial charge on any atom is 0.0476 e. The Morgan fingerprint density at radius 1 is 0.341 bits per heavy atom. The van der Waals surface area contributed by atoms with Crippen molar-refractivity contribution < 1.29 is 9.90 Å². The molecule has 2 nitrogen and oxygen atoms in total. The summed E-state index contributed by atoms with van der Waals surface area (Å²) >= 11 is 0. The molecule has 0 atom stereocenters. The van der Waals surface area contributed by atoms with E-state index in [1.165, 1.54) is 180 Å². The topological polar surface area (TPSA) is 40.1 Å². The predicted molar refractivity (Wildman–Crippen MR) is 181 cm³/mol. The molecule has 0 heterocycles. The summed E-state index contributed by atoms with van der Waals surface area (Å²) in [6.45, 7) is 6.84. The smallest absolute Gasteiger partial charge is 0.0476 e. The number of carbonyl (C=O) groups excluding carboxylic acids is 1. The molecule has 2 heteroatoms. The third-order valence-electron chi connectivity index (χ3n) is 9.71. The number of carboxylic acids is 1. The summed E-state index contributed by atoms with van der Waals surface area (Å²) in [4.78, 5) is 12.6. The van der Waals surface area contributed by atoms with Crippen molar-refractivity contribution in [2.75, 3.05) is 0 Å². The molecule has 0 spiro atoms. The predicted octanol–water partition coefficient (Wildman–Crippen LogP) is 13.0. The van der Waals surface area contributed by atoms with Crippen molar-refractivity contribution in [2.45, 2.75) is 239 Å². The van der Waals surface area contributed by atoms with Crippen LogP contribution in [-0.2, 0) is 4.79 Å². The minimum atomic E-state index is -0.740. The first-order valence-electron chi connectivity index (χ1n) is 19.3. The standard InChI is InChI=1S/C39H78O2/c1-4-7-10-13-16-19-21-24-27-30-33-36-39(38(40)41,35-32-29-26-23-18-15-12-9-6-3)37-34-31-28-25-22-20-17-14-11-8-5-2/h4-37H2,1-3H3,(H,40,41)/p-1. The lowest BCUT2D eigenvalue weighted by molar-refractivity contribution is -0.320. The van der Waals surface area contributed by atoms with Gasteiger partial charge in [-0.2, -0.15) is 0 Å². The van der Waals surface area contributed by atoms with Crippen molar-refractivity contribution >= 4 is 5.97 Å². The number of aliphatic carboxylic acids is 1. The van der Waals surface area contributed by atoms with Crippen LogP contribution in [0.25, 0.3) is 0 Å². The molecular weight excluding hydrogens is 500 g/mol. The molecule has 0 amide bonds. The molecule has 0 aromatic carbocycles. The van der Waals surface area contributed by atoms with Gasteiger partial charge in [-0.1, -0.05) is 220 Å². The van der Waals surface area contributed by atoms with Crippen LogP contribution in [0, 0.1) is 5.41 Å². The lowest BCUT2D eigenvalue weighted by atomic mass is 9.74. The number of rotatable bonds is 35. The van der Waals surface area contributed by atoms with E-state index in [9.17, 15) is 9.90 Å². The fraction of sp³-hybridized carbons (Fsp3) is 0.974. The monoisotopic (exact) mass is 578 g/mol. The highest BCUT2D eigenvalue weighted by atomic mass is 16.4. The highest BCUT2D eigenvalue weighted by molar-refractivity contribution is 5.72. The van der Waals surface area contributed by atoms with Crippen molar-refractivity contribution in [3.8, 4) is 0 Å². The molecule has 0 unspecified atom stereocenters. The van der Waals surface area contributed by atoms with Crippen molar-refractivity contribution in [3.05, 3.63) is 0 Å². The summed E-state index contributed by atoms with van der Waals surface area (Å²) in [6, 6.07) is 0. The molecule has 0 aromatic heterocycles. The number of unbranched alkanes of at least 4 members (excludes halogenated alkanes) is 28. The average molecular weight is 578 g/mol. The Hall–Kier alpha value is -0.530. The van der Waals surface area contributed by atoms with E-state index in [4.69, 9.17) is 0 Å².